The van der Waals surface area contributed by atoms with Crippen molar-refractivity contribution in [2.24, 2.45) is 0 Å². The number of anilines is 1. The Morgan fingerprint density at radius 2 is 2.00 bits per heavy atom. The van der Waals surface area contributed by atoms with E-state index in [1.54, 1.807) is 18.3 Å². The molecular formula is C22H17N3O2S3. The molecule has 0 bridgehead atoms. The van der Waals surface area contributed by atoms with Gasteiger partial charge < -0.3 is 9.64 Å². The number of ether oxygens (including phenoxy) is 1. The molecule has 1 aliphatic heterocycles. The van der Waals surface area contributed by atoms with Crippen molar-refractivity contribution in [3.8, 4) is 16.6 Å². The molecule has 0 N–H and O–H groups in total. The van der Waals surface area contributed by atoms with Crippen LogP contribution in [0.4, 0.5) is 5.69 Å². The SMILES string of the molecule is CCOC(=O)C1=C(C)N(c2ccccc2)/C(=C(/C#N)c2nc(-c3cccs3)cs2)S1. The van der Waals surface area contributed by atoms with Crippen LogP contribution in [-0.2, 0) is 9.53 Å². The highest BCUT2D eigenvalue weighted by Crippen LogP contribution is 2.47. The summed E-state index contributed by atoms with van der Waals surface area (Å²) in [6, 6.07) is 16.0. The maximum Gasteiger partial charge on any atom is 0.346 e. The summed E-state index contributed by atoms with van der Waals surface area (Å²) in [6.45, 7) is 3.94. The van der Waals surface area contributed by atoms with Crippen molar-refractivity contribution >= 4 is 51.7 Å². The minimum Gasteiger partial charge on any atom is -0.462 e. The molecule has 0 amide bonds. The van der Waals surface area contributed by atoms with Crippen molar-refractivity contribution in [2.45, 2.75) is 13.8 Å². The number of allylic oxidation sites excluding steroid dienone is 2. The molecule has 0 radical (unpaired) electrons. The standard InChI is InChI=1S/C22H17N3O2S3/c1-3-27-22(26)19-14(2)25(15-8-5-4-6-9-15)21(30-19)16(12-23)20-24-17(13-29-20)18-10-7-11-28-18/h4-11,13H,3H2,1-2H3/b21-16+. The average Bonchev–Trinajstić information content (AvgIpc) is 3.50. The van der Waals surface area contributed by atoms with Crippen molar-refractivity contribution in [1.29, 1.82) is 5.26 Å². The molecule has 0 saturated carbocycles. The van der Waals surface area contributed by atoms with Gasteiger partial charge in [-0.05, 0) is 37.4 Å². The normalized spacial score (nSPS) is 15.3. The summed E-state index contributed by atoms with van der Waals surface area (Å²) in [4.78, 5) is 20.7. The predicted molar refractivity (Wildman–Crippen MR) is 124 cm³/mol. The van der Waals surface area contributed by atoms with Gasteiger partial charge in [0.2, 0.25) is 0 Å². The monoisotopic (exact) mass is 451 g/mol. The number of carbonyl (C=O) groups excluding carboxylic acids is 1. The van der Waals surface area contributed by atoms with Gasteiger partial charge in [0, 0.05) is 16.8 Å². The Balaban J connectivity index is 1.83. The third-order valence-electron chi connectivity index (χ3n) is 4.36. The lowest BCUT2D eigenvalue weighted by molar-refractivity contribution is -0.137. The van der Waals surface area contributed by atoms with E-state index in [0.29, 0.717) is 27.1 Å². The Labute approximate surface area is 186 Å². The maximum absolute atomic E-state index is 12.5. The molecule has 0 saturated heterocycles. The number of hydrogen-bond donors (Lipinski definition) is 0. The van der Waals surface area contributed by atoms with Gasteiger partial charge in [-0.25, -0.2) is 9.78 Å². The third kappa shape index (κ3) is 3.79. The highest BCUT2D eigenvalue weighted by atomic mass is 32.2. The largest absolute Gasteiger partial charge is 0.462 e. The summed E-state index contributed by atoms with van der Waals surface area (Å²) in [5.74, 6) is -0.383. The highest BCUT2D eigenvalue weighted by Gasteiger charge is 2.34. The Kier molecular flexibility index (Phi) is 6.04. The van der Waals surface area contributed by atoms with Crippen LogP contribution in [0, 0.1) is 11.3 Å². The zero-order chi connectivity index (χ0) is 21.1. The van der Waals surface area contributed by atoms with Crippen LogP contribution in [0.2, 0.25) is 0 Å². The van der Waals surface area contributed by atoms with E-state index in [0.717, 1.165) is 22.0 Å². The molecular weight excluding hydrogens is 434 g/mol. The third-order valence-corrected chi connectivity index (χ3v) is 7.36. The molecule has 2 aromatic heterocycles. The van der Waals surface area contributed by atoms with Gasteiger partial charge >= 0.3 is 5.97 Å². The van der Waals surface area contributed by atoms with Gasteiger partial charge in [-0.3, -0.25) is 0 Å². The summed E-state index contributed by atoms with van der Waals surface area (Å²) in [5, 5.41) is 15.3. The van der Waals surface area contributed by atoms with Crippen LogP contribution in [0.1, 0.15) is 18.9 Å². The van der Waals surface area contributed by atoms with Crippen molar-refractivity contribution in [3.05, 3.63) is 73.9 Å². The van der Waals surface area contributed by atoms with Crippen LogP contribution in [0.5, 0.6) is 0 Å². The van der Waals surface area contributed by atoms with Crippen LogP contribution in [0.3, 0.4) is 0 Å². The lowest BCUT2D eigenvalue weighted by atomic mass is 10.2. The summed E-state index contributed by atoms with van der Waals surface area (Å²) < 4.78 is 5.24. The fourth-order valence-electron chi connectivity index (χ4n) is 3.02. The predicted octanol–water partition coefficient (Wildman–Crippen LogP) is 6.11. The van der Waals surface area contributed by atoms with E-state index in [2.05, 4.69) is 6.07 Å². The molecule has 3 heterocycles. The number of para-hydroxylation sites is 1. The number of benzene rings is 1. The minimum absolute atomic E-state index is 0.294. The van der Waals surface area contributed by atoms with E-state index in [1.807, 2.05) is 65.0 Å². The molecule has 1 aliphatic rings. The topological polar surface area (TPSA) is 66.2 Å². The van der Waals surface area contributed by atoms with Crippen molar-refractivity contribution in [2.75, 3.05) is 11.5 Å². The number of thiophene rings is 1. The van der Waals surface area contributed by atoms with Crippen LogP contribution >= 0.6 is 34.4 Å². The molecule has 1 aromatic carbocycles. The molecule has 8 heteroatoms. The van der Waals surface area contributed by atoms with E-state index >= 15 is 0 Å². The lowest BCUT2D eigenvalue weighted by Gasteiger charge is -2.22. The Bertz CT molecular complexity index is 1170. The molecule has 0 fully saturated rings. The zero-order valence-electron chi connectivity index (χ0n) is 16.3. The van der Waals surface area contributed by atoms with Crippen LogP contribution < -0.4 is 4.90 Å². The van der Waals surface area contributed by atoms with Gasteiger partial charge in [0.15, 0.2) is 0 Å². The first-order valence-corrected chi connectivity index (χ1v) is 11.8. The molecule has 150 valence electrons. The number of thiazole rings is 1. The second kappa shape index (κ2) is 8.88. The summed E-state index contributed by atoms with van der Waals surface area (Å²) in [5.41, 5.74) is 2.90. The molecule has 3 aromatic rings. The van der Waals surface area contributed by atoms with E-state index in [9.17, 15) is 10.1 Å². The fourth-order valence-corrected chi connectivity index (χ4v) is 5.81. The Morgan fingerprint density at radius 1 is 1.20 bits per heavy atom. The first-order valence-electron chi connectivity index (χ1n) is 9.19. The maximum atomic E-state index is 12.5. The van der Waals surface area contributed by atoms with Gasteiger partial charge in [0.05, 0.1) is 17.2 Å². The number of carbonyl (C=O) groups is 1. The Morgan fingerprint density at radius 3 is 2.67 bits per heavy atom. The smallest absolute Gasteiger partial charge is 0.346 e. The number of hydrogen-bond acceptors (Lipinski definition) is 8. The molecule has 0 unspecified atom stereocenters. The van der Waals surface area contributed by atoms with Gasteiger partial charge in [-0.1, -0.05) is 36.0 Å². The fraction of sp³-hybridized carbons (Fsp3) is 0.136. The molecule has 5 nitrogen and oxygen atoms in total. The second-order valence-corrected chi connectivity index (χ2v) is 9.02. The first-order chi connectivity index (χ1) is 14.6. The number of nitrogens with zero attached hydrogens (tertiary/aromatic N) is 3. The number of rotatable bonds is 5. The van der Waals surface area contributed by atoms with E-state index < -0.39 is 0 Å². The van der Waals surface area contributed by atoms with Crippen LogP contribution in [0.15, 0.2) is 68.9 Å². The first kappa shape index (κ1) is 20.4. The van der Waals surface area contributed by atoms with Crippen LogP contribution in [-0.4, -0.2) is 17.6 Å². The van der Waals surface area contributed by atoms with Gasteiger partial charge in [-0.15, -0.1) is 22.7 Å². The second-order valence-electron chi connectivity index (χ2n) is 6.22. The Hall–Kier alpha value is -2.86. The number of nitriles is 1. The van der Waals surface area contributed by atoms with Crippen molar-refractivity contribution in [3.63, 3.8) is 0 Å². The van der Waals surface area contributed by atoms with E-state index in [-0.39, 0.29) is 5.97 Å². The molecule has 0 spiro atoms. The molecule has 4 rings (SSSR count). The highest BCUT2D eigenvalue weighted by molar-refractivity contribution is 8.08. The molecule has 0 atom stereocenters. The number of thioether (sulfide) groups is 1. The number of esters is 1. The van der Waals surface area contributed by atoms with Crippen LogP contribution in [0.25, 0.3) is 16.1 Å². The summed E-state index contributed by atoms with van der Waals surface area (Å²) in [6.07, 6.45) is 0. The van der Waals surface area contributed by atoms with Crippen molar-refractivity contribution in [1.82, 2.24) is 4.98 Å². The van der Waals surface area contributed by atoms with E-state index in [1.165, 1.54) is 23.1 Å². The van der Waals surface area contributed by atoms with Crippen molar-refractivity contribution < 1.29 is 9.53 Å². The average molecular weight is 452 g/mol. The quantitative estimate of drug-likeness (QED) is 0.344. The van der Waals surface area contributed by atoms with Gasteiger partial charge in [-0.2, -0.15) is 5.26 Å². The van der Waals surface area contributed by atoms with Gasteiger partial charge in [0.1, 0.15) is 26.6 Å². The molecule has 30 heavy (non-hydrogen) atoms. The lowest BCUT2D eigenvalue weighted by Crippen LogP contribution is -2.16. The van der Waals surface area contributed by atoms with E-state index in [4.69, 9.17) is 9.72 Å². The summed E-state index contributed by atoms with van der Waals surface area (Å²) >= 11 is 4.30. The summed E-state index contributed by atoms with van der Waals surface area (Å²) in [7, 11) is 0. The minimum atomic E-state index is -0.383. The van der Waals surface area contributed by atoms with Gasteiger partial charge in [0.25, 0.3) is 0 Å². The number of aromatic nitrogens is 1. The zero-order valence-corrected chi connectivity index (χ0v) is 18.7. The molecule has 0 aliphatic carbocycles.